The topological polar surface area (TPSA) is 107 Å². The Morgan fingerprint density at radius 3 is 2.39 bits per heavy atom. The second kappa shape index (κ2) is 8.47. The summed E-state index contributed by atoms with van der Waals surface area (Å²) in [6, 6.07) is 13.6. The smallest absolute Gasteiger partial charge is 0.338 e. The second-order valence-corrected chi connectivity index (χ2v) is 7.40. The molecule has 0 aliphatic carbocycles. The lowest BCUT2D eigenvalue weighted by Crippen LogP contribution is -2.31. The number of amides is 2. The maximum atomic E-state index is 12.4. The SMILES string of the molecule is CC(C)OC(=O)c1cccc(-c2nnn(CCCN3C(=O)c4ccccc4C3=O)n2)c1. The lowest BCUT2D eigenvalue weighted by Gasteiger charge is -2.12. The molecule has 4 rings (SSSR count). The van der Waals surface area contributed by atoms with Gasteiger partial charge < -0.3 is 4.74 Å². The van der Waals surface area contributed by atoms with Crippen molar-refractivity contribution < 1.29 is 19.1 Å². The fourth-order valence-corrected chi connectivity index (χ4v) is 3.33. The number of carbonyl (C=O) groups excluding carboxylic acids is 3. The van der Waals surface area contributed by atoms with Crippen LogP contribution < -0.4 is 0 Å². The van der Waals surface area contributed by atoms with E-state index in [1.807, 2.05) is 0 Å². The molecule has 1 aliphatic heterocycles. The summed E-state index contributed by atoms with van der Waals surface area (Å²) in [5.41, 5.74) is 1.92. The molecule has 2 heterocycles. The van der Waals surface area contributed by atoms with Crippen LogP contribution in [0.25, 0.3) is 11.4 Å². The Hall–Kier alpha value is -3.88. The number of benzene rings is 2. The van der Waals surface area contributed by atoms with Crippen LogP contribution in [-0.2, 0) is 11.3 Å². The standard InChI is InChI=1S/C22H21N5O4/c1-14(2)31-22(30)16-8-5-7-15(13-16)19-23-25-27(24-19)12-6-11-26-20(28)17-9-3-4-10-18(17)21(26)29/h3-5,7-10,13-14H,6,11-12H2,1-2H3. The summed E-state index contributed by atoms with van der Waals surface area (Å²) in [5, 5.41) is 12.4. The Morgan fingerprint density at radius 1 is 1.00 bits per heavy atom. The lowest BCUT2D eigenvalue weighted by molar-refractivity contribution is 0.0377. The molecule has 0 bridgehead atoms. The van der Waals surface area contributed by atoms with Crippen LogP contribution in [0, 0.1) is 0 Å². The number of fused-ring (bicyclic) bond motifs is 1. The van der Waals surface area contributed by atoms with Gasteiger partial charge in [-0.15, -0.1) is 10.2 Å². The maximum absolute atomic E-state index is 12.4. The molecule has 9 heteroatoms. The highest BCUT2D eigenvalue weighted by Gasteiger charge is 2.34. The molecule has 0 spiro atoms. The third-order valence-electron chi connectivity index (χ3n) is 4.77. The van der Waals surface area contributed by atoms with Gasteiger partial charge in [0, 0.05) is 12.1 Å². The molecule has 3 aromatic rings. The quantitative estimate of drug-likeness (QED) is 0.428. The Kier molecular flexibility index (Phi) is 5.57. The van der Waals surface area contributed by atoms with Crippen molar-refractivity contribution >= 4 is 17.8 Å². The van der Waals surface area contributed by atoms with Crippen LogP contribution in [0.2, 0.25) is 0 Å². The van der Waals surface area contributed by atoms with Crippen molar-refractivity contribution in [2.24, 2.45) is 0 Å². The first kappa shape index (κ1) is 20.4. The number of carbonyl (C=O) groups is 3. The van der Waals surface area contributed by atoms with Gasteiger partial charge in [-0.05, 0) is 49.7 Å². The van der Waals surface area contributed by atoms with E-state index in [0.29, 0.717) is 41.0 Å². The molecule has 0 unspecified atom stereocenters. The van der Waals surface area contributed by atoms with Gasteiger partial charge in [0.2, 0.25) is 5.82 Å². The van der Waals surface area contributed by atoms with E-state index < -0.39 is 5.97 Å². The summed E-state index contributed by atoms with van der Waals surface area (Å²) in [7, 11) is 0. The van der Waals surface area contributed by atoms with E-state index in [9.17, 15) is 14.4 Å². The minimum atomic E-state index is -0.412. The number of aromatic nitrogens is 4. The minimum absolute atomic E-state index is 0.211. The Bertz CT molecular complexity index is 1120. The van der Waals surface area contributed by atoms with E-state index in [1.54, 1.807) is 62.4 Å². The molecule has 9 nitrogen and oxygen atoms in total. The molecule has 31 heavy (non-hydrogen) atoms. The van der Waals surface area contributed by atoms with Crippen molar-refractivity contribution in [1.82, 2.24) is 25.1 Å². The summed E-state index contributed by atoms with van der Waals surface area (Å²) in [6.07, 6.45) is 0.277. The van der Waals surface area contributed by atoms with Crippen LogP contribution in [0.1, 0.15) is 51.3 Å². The van der Waals surface area contributed by atoms with Gasteiger partial charge in [0.25, 0.3) is 11.8 Å². The molecule has 0 N–H and O–H groups in total. The summed E-state index contributed by atoms with van der Waals surface area (Å²) in [4.78, 5) is 39.6. The van der Waals surface area contributed by atoms with Crippen LogP contribution in [0.5, 0.6) is 0 Å². The third-order valence-corrected chi connectivity index (χ3v) is 4.77. The second-order valence-electron chi connectivity index (χ2n) is 7.40. The van der Waals surface area contributed by atoms with Gasteiger partial charge >= 0.3 is 5.97 Å². The van der Waals surface area contributed by atoms with Gasteiger partial charge in [-0.1, -0.05) is 24.3 Å². The van der Waals surface area contributed by atoms with E-state index in [4.69, 9.17) is 4.74 Å². The minimum Gasteiger partial charge on any atom is -0.459 e. The molecule has 1 aromatic heterocycles. The fourth-order valence-electron chi connectivity index (χ4n) is 3.33. The molecule has 0 fully saturated rings. The number of tetrazole rings is 1. The molecule has 158 valence electrons. The van der Waals surface area contributed by atoms with Crippen molar-refractivity contribution in [3.05, 3.63) is 65.2 Å². The van der Waals surface area contributed by atoms with Crippen molar-refractivity contribution in [3.8, 4) is 11.4 Å². The number of nitrogens with zero attached hydrogens (tertiary/aromatic N) is 5. The summed E-state index contributed by atoms with van der Waals surface area (Å²) in [5.74, 6) is -0.596. The number of ether oxygens (including phenoxy) is 1. The highest BCUT2D eigenvalue weighted by atomic mass is 16.5. The number of aryl methyl sites for hydroxylation is 1. The average molecular weight is 419 g/mol. The van der Waals surface area contributed by atoms with Gasteiger partial charge in [-0.2, -0.15) is 4.80 Å². The third kappa shape index (κ3) is 4.20. The number of imide groups is 1. The van der Waals surface area contributed by atoms with E-state index >= 15 is 0 Å². The van der Waals surface area contributed by atoms with Crippen molar-refractivity contribution in [1.29, 1.82) is 0 Å². The molecule has 0 atom stereocenters. The van der Waals surface area contributed by atoms with Crippen LogP contribution in [0.4, 0.5) is 0 Å². The molecular weight excluding hydrogens is 398 g/mol. The Morgan fingerprint density at radius 2 is 1.71 bits per heavy atom. The maximum Gasteiger partial charge on any atom is 0.338 e. The molecule has 0 saturated heterocycles. The van der Waals surface area contributed by atoms with Gasteiger partial charge in [0.05, 0.1) is 29.3 Å². The molecule has 2 aromatic carbocycles. The molecule has 0 radical (unpaired) electrons. The zero-order chi connectivity index (χ0) is 22.0. The summed E-state index contributed by atoms with van der Waals surface area (Å²) >= 11 is 0. The Labute approximate surface area is 178 Å². The highest BCUT2D eigenvalue weighted by molar-refractivity contribution is 6.21. The van der Waals surface area contributed by atoms with Gasteiger partial charge in [0.15, 0.2) is 0 Å². The summed E-state index contributed by atoms with van der Waals surface area (Å²) < 4.78 is 5.21. The van der Waals surface area contributed by atoms with Crippen molar-refractivity contribution in [2.45, 2.75) is 32.9 Å². The first-order valence-corrected chi connectivity index (χ1v) is 9.98. The largest absolute Gasteiger partial charge is 0.459 e. The fraction of sp³-hybridized carbons (Fsp3) is 0.273. The van der Waals surface area contributed by atoms with Gasteiger partial charge in [-0.3, -0.25) is 14.5 Å². The average Bonchev–Trinajstić information content (AvgIpc) is 3.33. The first-order valence-electron chi connectivity index (χ1n) is 9.98. The van der Waals surface area contributed by atoms with Crippen LogP contribution >= 0.6 is 0 Å². The predicted molar refractivity (Wildman–Crippen MR) is 110 cm³/mol. The van der Waals surface area contributed by atoms with Crippen LogP contribution in [-0.4, -0.2) is 55.5 Å². The predicted octanol–water partition coefficient (Wildman–Crippen LogP) is 2.59. The molecule has 0 saturated carbocycles. The van der Waals surface area contributed by atoms with Crippen molar-refractivity contribution in [2.75, 3.05) is 6.54 Å². The number of hydrogen-bond donors (Lipinski definition) is 0. The zero-order valence-corrected chi connectivity index (χ0v) is 17.2. The number of rotatable bonds is 7. The molecule has 2 amide bonds. The van der Waals surface area contributed by atoms with Gasteiger partial charge in [-0.25, -0.2) is 4.79 Å². The van der Waals surface area contributed by atoms with Crippen LogP contribution in [0.3, 0.4) is 0 Å². The number of hydrogen-bond acceptors (Lipinski definition) is 7. The van der Waals surface area contributed by atoms with E-state index in [0.717, 1.165) is 0 Å². The number of esters is 1. The zero-order valence-electron chi connectivity index (χ0n) is 17.2. The first-order chi connectivity index (χ1) is 14.9. The van der Waals surface area contributed by atoms with Crippen LogP contribution in [0.15, 0.2) is 48.5 Å². The van der Waals surface area contributed by atoms with E-state index in [-0.39, 0.29) is 24.5 Å². The molecular formula is C22H21N5O4. The monoisotopic (exact) mass is 419 g/mol. The highest BCUT2D eigenvalue weighted by Crippen LogP contribution is 2.22. The van der Waals surface area contributed by atoms with Gasteiger partial charge in [0.1, 0.15) is 0 Å². The lowest BCUT2D eigenvalue weighted by atomic mass is 10.1. The normalized spacial score (nSPS) is 13.1. The Balaban J connectivity index is 1.38. The van der Waals surface area contributed by atoms with Crippen molar-refractivity contribution in [3.63, 3.8) is 0 Å². The van der Waals surface area contributed by atoms with E-state index in [1.165, 1.54) is 9.70 Å². The molecule has 1 aliphatic rings. The van der Waals surface area contributed by atoms with E-state index in [2.05, 4.69) is 15.4 Å². The summed E-state index contributed by atoms with van der Waals surface area (Å²) in [6.45, 7) is 4.23.